The van der Waals surface area contributed by atoms with Crippen molar-refractivity contribution in [3.63, 3.8) is 0 Å². The van der Waals surface area contributed by atoms with Gasteiger partial charge in [0.25, 0.3) is 0 Å². The molecule has 1 aromatic carbocycles. The Kier molecular flexibility index (Phi) is 9.29. The van der Waals surface area contributed by atoms with E-state index in [-0.39, 0.29) is 30.2 Å². The molecule has 2 rings (SSSR count). The number of anilines is 1. The van der Waals surface area contributed by atoms with Crippen LogP contribution in [0.2, 0.25) is 5.02 Å². The van der Waals surface area contributed by atoms with Crippen LogP contribution in [0.1, 0.15) is 45.6 Å². The van der Waals surface area contributed by atoms with Gasteiger partial charge in [-0.15, -0.1) is 0 Å². The molecule has 0 heterocycles. The Balaban J connectivity index is 1.93. The minimum absolute atomic E-state index is 0.0297. The van der Waals surface area contributed by atoms with Crippen molar-refractivity contribution in [1.82, 2.24) is 10.6 Å². The van der Waals surface area contributed by atoms with Crippen LogP contribution >= 0.6 is 11.6 Å². The number of halogens is 1. The molecule has 1 aromatic rings. The maximum atomic E-state index is 11.8. The highest BCUT2D eigenvalue weighted by atomic mass is 35.5. The predicted molar refractivity (Wildman–Crippen MR) is 117 cm³/mol. The van der Waals surface area contributed by atoms with Gasteiger partial charge in [0, 0.05) is 36.8 Å². The molecule has 0 aromatic heterocycles. The van der Waals surface area contributed by atoms with Gasteiger partial charge in [0.15, 0.2) is 0 Å². The minimum Gasteiger partial charge on any atom is -0.384 e. The van der Waals surface area contributed by atoms with Crippen molar-refractivity contribution >= 4 is 23.2 Å². The molecule has 0 bridgehead atoms. The van der Waals surface area contributed by atoms with Crippen LogP contribution in [0.15, 0.2) is 30.4 Å². The zero-order valence-electron chi connectivity index (χ0n) is 17.4. The van der Waals surface area contributed by atoms with Crippen molar-refractivity contribution in [3.8, 4) is 0 Å². The van der Waals surface area contributed by atoms with Gasteiger partial charge < -0.3 is 20.7 Å². The zero-order valence-corrected chi connectivity index (χ0v) is 18.2. The van der Waals surface area contributed by atoms with Gasteiger partial charge in [-0.05, 0) is 43.9 Å². The Morgan fingerprint density at radius 1 is 1.29 bits per heavy atom. The van der Waals surface area contributed by atoms with Crippen LogP contribution < -0.4 is 16.0 Å². The first-order valence-corrected chi connectivity index (χ1v) is 10.7. The van der Waals surface area contributed by atoms with E-state index in [1.165, 1.54) is 0 Å². The van der Waals surface area contributed by atoms with Crippen molar-refractivity contribution in [1.29, 1.82) is 0 Å². The van der Waals surface area contributed by atoms with E-state index < -0.39 is 0 Å². The maximum Gasteiger partial charge on any atom is 0.217 e. The number of benzene rings is 1. The molecule has 0 saturated heterocycles. The molecule has 1 amide bonds. The molecule has 0 radical (unpaired) electrons. The van der Waals surface area contributed by atoms with Crippen LogP contribution in [0, 0.1) is 6.92 Å². The Hall–Kier alpha value is -1.56. The molecule has 6 heteroatoms. The normalized spacial score (nSPS) is 21.7. The smallest absolute Gasteiger partial charge is 0.217 e. The Labute approximate surface area is 174 Å². The number of hydrogen-bond donors (Lipinski definition) is 3. The number of carbonyl (C=O) groups is 1. The average Bonchev–Trinajstić information content (AvgIpc) is 2.67. The third-order valence-electron chi connectivity index (χ3n) is 5.25. The summed E-state index contributed by atoms with van der Waals surface area (Å²) in [6.07, 6.45) is 7.13. The molecule has 28 heavy (non-hydrogen) atoms. The molecule has 0 aliphatic heterocycles. The molecule has 3 N–H and O–H groups in total. The van der Waals surface area contributed by atoms with E-state index >= 15 is 0 Å². The molecule has 1 aliphatic carbocycles. The highest BCUT2D eigenvalue weighted by Crippen LogP contribution is 2.23. The van der Waals surface area contributed by atoms with Gasteiger partial charge in [-0.1, -0.05) is 43.7 Å². The summed E-state index contributed by atoms with van der Waals surface area (Å²) in [6.45, 7) is 9.38. The van der Waals surface area contributed by atoms with Gasteiger partial charge in [-0.3, -0.25) is 4.79 Å². The van der Waals surface area contributed by atoms with Crippen molar-refractivity contribution in [3.05, 3.63) is 40.9 Å². The number of amides is 1. The van der Waals surface area contributed by atoms with Crippen LogP contribution in [0.3, 0.4) is 0 Å². The van der Waals surface area contributed by atoms with Gasteiger partial charge in [0.05, 0.1) is 18.2 Å². The van der Waals surface area contributed by atoms with Crippen LogP contribution in [-0.2, 0) is 9.53 Å². The molecule has 5 nitrogen and oxygen atoms in total. The summed E-state index contributed by atoms with van der Waals surface area (Å²) in [7, 11) is 0. The number of nitrogens with one attached hydrogen (secondary N) is 3. The van der Waals surface area contributed by atoms with E-state index in [1.54, 1.807) is 6.92 Å². The number of hydrogen-bond acceptors (Lipinski definition) is 4. The summed E-state index contributed by atoms with van der Waals surface area (Å²) in [5.74, 6) is -0.0297. The van der Waals surface area contributed by atoms with E-state index in [2.05, 4.69) is 41.9 Å². The standard InChI is InChI=1S/C22H34ClN3O2/c1-5-17(6-2)28-21-12-8-11-20(22(21)26-16(4)27)25-14-13-24-19-10-7-9-18(23)15(19)3/h7-10,12,17,20-22,24-25H,5-6,11,13-14H2,1-4H3,(H,26,27)/t20-,21+,22+/m0/s1. The maximum absolute atomic E-state index is 11.8. The lowest BCUT2D eigenvalue weighted by Crippen LogP contribution is -2.58. The molecule has 0 unspecified atom stereocenters. The average molecular weight is 408 g/mol. The molecular weight excluding hydrogens is 374 g/mol. The number of ether oxygens (including phenoxy) is 1. The Bertz CT molecular complexity index is 661. The van der Waals surface area contributed by atoms with Crippen molar-refractivity contribution in [2.75, 3.05) is 18.4 Å². The van der Waals surface area contributed by atoms with Gasteiger partial charge in [-0.25, -0.2) is 0 Å². The number of rotatable bonds is 10. The molecule has 3 atom stereocenters. The first-order chi connectivity index (χ1) is 13.5. The second-order valence-corrected chi connectivity index (χ2v) is 7.74. The Morgan fingerprint density at radius 2 is 2.04 bits per heavy atom. The topological polar surface area (TPSA) is 62.4 Å². The molecule has 0 saturated carbocycles. The molecule has 156 valence electrons. The summed E-state index contributed by atoms with van der Waals surface area (Å²) < 4.78 is 6.27. The van der Waals surface area contributed by atoms with Crippen molar-refractivity contribution < 1.29 is 9.53 Å². The highest BCUT2D eigenvalue weighted by Gasteiger charge is 2.32. The highest BCUT2D eigenvalue weighted by molar-refractivity contribution is 6.31. The van der Waals surface area contributed by atoms with Gasteiger partial charge in [0.1, 0.15) is 0 Å². The predicted octanol–water partition coefficient (Wildman–Crippen LogP) is 4.06. The fourth-order valence-corrected chi connectivity index (χ4v) is 3.74. The molecule has 0 fully saturated rings. The molecule has 0 spiro atoms. The summed E-state index contributed by atoms with van der Waals surface area (Å²) in [5, 5.41) is 10.9. The number of carbonyl (C=O) groups excluding carboxylic acids is 1. The quantitative estimate of drug-likeness (QED) is 0.404. The lowest BCUT2D eigenvalue weighted by Gasteiger charge is -2.37. The van der Waals surface area contributed by atoms with Crippen LogP contribution in [0.5, 0.6) is 0 Å². The van der Waals surface area contributed by atoms with Crippen LogP contribution in [0.4, 0.5) is 5.69 Å². The van der Waals surface area contributed by atoms with Gasteiger partial charge in [0.2, 0.25) is 5.91 Å². The third kappa shape index (κ3) is 6.50. The van der Waals surface area contributed by atoms with Gasteiger partial charge in [-0.2, -0.15) is 0 Å². The molecule has 1 aliphatic rings. The SMILES string of the molecule is CCC(CC)O[C@@H]1C=CC[C@H](NCCNc2cccc(Cl)c2C)[C@H]1NC(C)=O. The van der Waals surface area contributed by atoms with E-state index in [0.29, 0.717) is 0 Å². The van der Waals surface area contributed by atoms with Crippen molar-refractivity contribution in [2.24, 2.45) is 0 Å². The van der Waals surface area contributed by atoms with Crippen LogP contribution in [0.25, 0.3) is 0 Å². The second kappa shape index (κ2) is 11.4. The lowest BCUT2D eigenvalue weighted by molar-refractivity contribution is -0.121. The second-order valence-electron chi connectivity index (χ2n) is 7.33. The summed E-state index contributed by atoms with van der Waals surface area (Å²) >= 11 is 6.18. The first kappa shape index (κ1) is 22.7. The van der Waals surface area contributed by atoms with Gasteiger partial charge >= 0.3 is 0 Å². The van der Waals surface area contributed by atoms with E-state index in [0.717, 1.165) is 48.6 Å². The summed E-state index contributed by atoms with van der Waals surface area (Å²) in [4.78, 5) is 11.8. The summed E-state index contributed by atoms with van der Waals surface area (Å²) in [6, 6.07) is 5.94. The Morgan fingerprint density at radius 3 is 2.71 bits per heavy atom. The minimum atomic E-state index is -0.108. The van der Waals surface area contributed by atoms with Crippen molar-refractivity contribution in [2.45, 2.75) is 71.2 Å². The van der Waals surface area contributed by atoms with E-state index in [1.807, 2.05) is 25.1 Å². The fourth-order valence-electron chi connectivity index (χ4n) is 3.57. The lowest BCUT2D eigenvalue weighted by atomic mass is 9.92. The van der Waals surface area contributed by atoms with E-state index in [9.17, 15) is 4.79 Å². The third-order valence-corrected chi connectivity index (χ3v) is 5.66. The largest absolute Gasteiger partial charge is 0.384 e. The summed E-state index contributed by atoms with van der Waals surface area (Å²) in [5.41, 5.74) is 2.10. The van der Waals surface area contributed by atoms with E-state index in [4.69, 9.17) is 16.3 Å². The molecular formula is C22H34ClN3O2. The van der Waals surface area contributed by atoms with Crippen LogP contribution in [-0.4, -0.2) is 43.3 Å². The first-order valence-electron chi connectivity index (χ1n) is 10.3. The monoisotopic (exact) mass is 407 g/mol. The zero-order chi connectivity index (χ0) is 20.5. The fraction of sp³-hybridized carbons (Fsp3) is 0.591.